The third-order valence-electron chi connectivity index (χ3n) is 6.46. The molecule has 1 aromatic carbocycles. The predicted octanol–water partition coefficient (Wildman–Crippen LogP) is 9.36. The summed E-state index contributed by atoms with van der Waals surface area (Å²) < 4.78 is 0. The van der Waals surface area contributed by atoms with Crippen LogP contribution in [0.5, 0.6) is 0 Å². The Morgan fingerprint density at radius 3 is 2.16 bits per heavy atom. The smallest absolute Gasteiger partial charge is 0.0457 e. The van der Waals surface area contributed by atoms with E-state index in [1.165, 1.54) is 53.5 Å². The third kappa shape index (κ3) is 5.01. The van der Waals surface area contributed by atoms with Crippen LogP contribution in [0.2, 0.25) is 0 Å². The lowest BCUT2D eigenvalue weighted by Gasteiger charge is -2.45. The molecule has 3 rings (SSSR count). The first-order chi connectivity index (χ1) is 15.2. The van der Waals surface area contributed by atoms with E-state index < -0.39 is 0 Å². The zero-order chi connectivity index (χ0) is 22.7. The summed E-state index contributed by atoms with van der Waals surface area (Å²) in [6.07, 6.45) is 21.0. The molecule has 2 aliphatic carbocycles. The number of rotatable bonds is 6. The SMILES string of the molecule is C=C/C=C(\C=C/C)C1(c2ccccc2)CC(C=C)=C(C=C)C2=C1CCCCCC2.CC. The summed E-state index contributed by atoms with van der Waals surface area (Å²) in [6.45, 7) is 18.5. The van der Waals surface area contributed by atoms with Crippen LogP contribution in [0.15, 0.2) is 114 Å². The zero-order valence-corrected chi connectivity index (χ0v) is 19.9. The average molecular weight is 413 g/mol. The van der Waals surface area contributed by atoms with E-state index in [9.17, 15) is 0 Å². The van der Waals surface area contributed by atoms with Gasteiger partial charge < -0.3 is 0 Å². The standard InChI is InChI=1S/C29H34.C2H6/c1-5-16-24(17-6-2)29(25-18-12-11-13-19-25)22-23(7-3)26(8-4)27-20-14-9-10-15-21-28(27)29;1-2/h5-8,11-13,16-19H,1,3-4,9-10,14-15,20-22H2,2H3;1-2H3/b17-6-,24-16+;. The van der Waals surface area contributed by atoms with Gasteiger partial charge in [-0.1, -0.05) is 119 Å². The van der Waals surface area contributed by atoms with Gasteiger partial charge in [0.15, 0.2) is 0 Å². The molecule has 0 bridgehead atoms. The summed E-state index contributed by atoms with van der Waals surface area (Å²) in [4.78, 5) is 0. The summed E-state index contributed by atoms with van der Waals surface area (Å²) in [5.41, 5.74) is 8.22. The van der Waals surface area contributed by atoms with Crippen molar-refractivity contribution in [1.29, 1.82) is 0 Å². The lowest BCUT2D eigenvalue weighted by molar-refractivity contribution is 0.510. The van der Waals surface area contributed by atoms with Gasteiger partial charge in [0.1, 0.15) is 0 Å². The van der Waals surface area contributed by atoms with Crippen LogP contribution in [0, 0.1) is 0 Å². The molecule has 1 atom stereocenters. The monoisotopic (exact) mass is 412 g/mol. The topological polar surface area (TPSA) is 0 Å². The Morgan fingerprint density at radius 2 is 1.58 bits per heavy atom. The molecule has 0 saturated carbocycles. The summed E-state index contributed by atoms with van der Waals surface area (Å²) >= 11 is 0. The van der Waals surface area contributed by atoms with Crippen LogP contribution in [-0.4, -0.2) is 0 Å². The molecule has 0 fully saturated rings. The van der Waals surface area contributed by atoms with E-state index >= 15 is 0 Å². The van der Waals surface area contributed by atoms with Crippen molar-refractivity contribution in [3.8, 4) is 0 Å². The van der Waals surface area contributed by atoms with Gasteiger partial charge in [0, 0.05) is 5.41 Å². The van der Waals surface area contributed by atoms with Crippen molar-refractivity contribution >= 4 is 0 Å². The first-order valence-electron chi connectivity index (χ1n) is 11.9. The largest absolute Gasteiger partial charge is 0.0991 e. The highest BCUT2D eigenvalue weighted by Crippen LogP contribution is 2.54. The molecule has 0 radical (unpaired) electrons. The quantitative estimate of drug-likeness (QED) is 0.408. The molecule has 0 nitrogen and oxygen atoms in total. The highest BCUT2D eigenvalue weighted by atomic mass is 14.5. The van der Waals surface area contributed by atoms with Crippen molar-refractivity contribution in [3.05, 3.63) is 120 Å². The van der Waals surface area contributed by atoms with Crippen LogP contribution >= 0.6 is 0 Å². The number of benzene rings is 1. The predicted molar refractivity (Wildman–Crippen MR) is 139 cm³/mol. The van der Waals surface area contributed by atoms with Gasteiger partial charge in [0.25, 0.3) is 0 Å². The Bertz CT molecular complexity index is 885. The Morgan fingerprint density at radius 1 is 0.903 bits per heavy atom. The molecule has 31 heavy (non-hydrogen) atoms. The van der Waals surface area contributed by atoms with E-state index in [1.807, 2.05) is 19.9 Å². The maximum absolute atomic E-state index is 4.19. The van der Waals surface area contributed by atoms with Crippen LogP contribution < -0.4 is 0 Å². The van der Waals surface area contributed by atoms with E-state index in [0.29, 0.717) is 0 Å². The second-order valence-electron chi connectivity index (χ2n) is 8.02. The van der Waals surface area contributed by atoms with Crippen molar-refractivity contribution in [2.75, 3.05) is 0 Å². The second kappa shape index (κ2) is 12.3. The van der Waals surface area contributed by atoms with Gasteiger partial charge in [0.2, 0.25) is 0 Å². The molecule has 1 aromatic rings. The molecule has 0 heteroatoms. The van der Waals surface area contributed by atoms with Crippen molar-refractivity contribution in [2.45, 2.75) is 71.1 Å². The third-order valence-corrected chi connectivity index (χ3v) is 6.46. The molecule has 1 unspecified atom stereocenters. The molecule has 0 heterocycles. The lowest BCUT2D eigenvalue weighted by Crippen LogP contribution is -2.35. The fourth-order valence-corrected chi connectivity index (χ4v) is 5.23. The lowest BCUT2D eigenvalue weighted by atomic mass is 9.58. The average Bonchev–Trinajstić information content (AvgIpc) is 2.80. The maximum atomic E-state index is 4.19. The van der Waals surface area contributed by atoms with Crippen LogP contribution in [-0.2, 0) is 5.41 Å². The van der Waals surface area contributed by atoms with Gasteiger partial charge in [-0.05, 0) is 66.9 Å². The summed E-state index contributed by atoms with van der Waals surface area (Å²) in [7, 11) is 0. The van der Waals surface area contributed by atoms with E-state index in [1.54, 1.807) is 5.57 Å². The summed E-state index contributed by atoms with van der Waals surface area (Å²) in [6, 6.07) is 11.0. The van der Waals surface area contributed by atoms with E-state index in [4.69, 9.17) is 0 Å². The van der Waals surface area contributed by atoms with E-state index in [-0.39, 0.29) is 5.41 Å². The first-order valence-corrected chi connectivity index (χ1v) is 11.9. The van der Waals surface area contributed by atoms with E-state index in [0.717, 1.165) is 19.3 Å². The molecule has 0 aromatic heterocycles. The van der Waals surface area contributed by atoms with Crippen molar-refractivity contribution < 1.29 is 0 Å². The molecule has 0 saturated heterocycles. The van der Waals surface area contributed by atoms with Crippen molar-refractivity contribution in [2.24, 2.45) is 0 Å². The molecule has 2 aliphatic rings. The zero-order valence-electron chi connectivity index (χ0n) is 19.9. The molecular formula is C31H40. The Hall–Kier alpha value is -2.60. The molecule has 0 spiro atoms. The van der Waals surface area contributed by atoms with Crippen LogP contribution in [0.25, 0.3) is 0 Å². The number of hydrogen-bond donors (Lipinski definition) is 0. The normalized spacial score (nSPS) is 22.1. The van der Waals surface area contributed by atoms with Crippen LogP contribution in [0.4, 0.5) is 0 Å². The van der Waals surface area contributed by atoms with Crippen LogP contribution in [0.1, 0.15) is 71.3 Å². The fourth-order valence-electron chi connectivity index (χ4n) is 5.23. The fraction of sp³-hybridized carbons (Fsp3) is 0.355. The minimum Gasteiger partial charge on any atom is -0.0991 e. The Kier molecular flexibility index (Phi) is 9.79. The molecule has 164 valence electrons. The van der Waals surface area contributed by atoms with E-state index in [2.05, 4.69) is 87.4 Å². The molecule has 0 amide bonds. The van der Waals surface area contributed by atoms with Gasteiger partial charge in [-0.25, -0.2) is 0 Å². The maximum Gasteiger partial charge on any atom is 0.0457 e. The Balaban J connectivity index is 0.00000166. The van der Waals surface area contributed by atoms with Gasteiger partial charge >= 0.3 is 0 Å². The molecule has 0 N–H and O–H groups in total. The minimum atomic E-state index is -0.176. The van der Waals surface area contributed by atoms with Gasteiger partial charge in [0.05, 0.1) is 0 Å². The van der Waals surface area contributed by atoms with Crippen molar-refractivity contribution in [1.82, 2.24) is 0 Å². The summed E-state index contributed by atoms with van der Waals surface area (Å²) in [5.74, 6) is 0. The second-order valence-corrected chi connectivity index (χ2v) is 8.02. The number of hydrogen-bond acceptors (Lipinski definition) is 0. The highest BCUT2D eigenvalue weighted by Gasteiger charge is 2.43. The van der Waals surface area contributed by atoms with Crippen molar-refractivity contribution in [3.63, 3.8) is 0 Å². The number of allylic oxidation sites excluding steroid dienone is 11. The minimum absolute atomic E-state index is 0.176. The van der Waals surface area contributed by atoms with Gasteiger partial charge in [-0.2, -0.15) is 0 Å². The Labute approximate surface area is 191 Å². The highest BCUT2D eigenvalue weighted by molar-refractivity contribution is 5.63. The van der Waals surface area contributed by atoms with Gasteiger partial charge in [-0.15, -0.1) is 0 Å². The van der Waals surface area contributed by atoms with Gasteiger partial charge in [-0.3, -0.25) is 0 Å². The summed E-state index contributed by atoms with van der Waals surface area (Å²) in [5, 5.41) is 0. The first kappa shape index (κ1) is 24.7. The molecular weight excluding hydrogens is 372 g/mol. The molecule has 0 aliphatic heterocycles. The van der Waals surface area contributed by atoms with Crippen LogP contribution in [0.3, 0.4) is 0 Å².